The Morgan fingerprint density at radius 2 is 2.05 bits per heavy atom. The molecule has 108 valence electrons. The van der Waals surface area contributed by atoms with Crippen LogP contribution < -0.4 is 15.6 Å². The minimum atomic E-state index is -0.499. The van der Waals surface area contributed by atoms with E-state index < -0.39 is 4.92 Å². The summed E-state index contributed by atoms with van der Waals surface area (Å²) in [6, 6.07) is 5.52. The highest BCUT2D eigenvalue weighted by atomic mass is 16.6. The van der Waals surface area contributed by atoms with E-state index in [0.717, 1.165) is 0 Å². The molecule has 0 bridgehead atoms. The van der Waals surface area contributed by atoms with Gasteiger partial charge in [-0.05, 0) is 18.1 Å². The molecular weight excluding hydrogens is 262 g/mol. The fourth-order valence-electron chi connectivity index (χ4n) is 1.21. The Morgan fingerprint density at radius 1 is 1.40 bits per heavy atom. The summed E-state index contributed by atoms with van der Waals surface area (Å²) >= 11 is 0. The molecule has 0 radical (unpaired) electrons. The van der Waals surface area contributed by atoms with Crippen molar-refractivity contribution in [3.8, 4) is 5.75 Å². The molecule has 0 aliphatic heterocycles. The fourth-order valence-corrected chi connectivity index (χ4v) is 1.21. The molecule has 0 aliphatic carbocycles. The number of nitrogens with zero attached hydrogens (tertiary/aromatic N) is 1. The van der Waals surface area contributed by atoms with E-state index in [0.29, 0.717) is 11.7 Å². The van der Waals surface area contributed by atoms with Crippen LogP contribution >= 0.6 is 0 Å². The minimum Gasteiger partial charge on any atom is -0.484 e. The zero-order valence-corrected chi connectivity index (χ0v) is 11.3. The predicted molar refractivity (Wildman–Crippen MR) is 73.8 cm³/mol. The van der Waals surface area contributed by atoms with Crippen LogP contribution in [-0.2, 0) is 4.79 Å². The Kier molecular flexibility index (Phi) is 6.02. The van der Waals surface area contributed by atoms with Crippen LogP contribution in [0, 0.1) is 16.0 Å². The number of hydrazine groups is 1. The van der Waals surface area contributed by atoms with Gasteiger partial charge in [0.2, 0.25) is 0 Å². The third kappa shape index (κ3) is 5.85. The first-order valence-corrected chi connectivity index (χ1v) is 6.07. The Morgan fingerprint density at radius 3 is 2.60 bits per heavy atom. The first kappa shape index (κ1) is 15.5. The first-order valence-electron chi connectivity index (χ1n) is 6.07. The van der Waals surface area contributed by atoms with Crippen LogP contribution in [0.2, 0.25) is 0 Å². The lowest BCUT2D eigenvalue weighted by atomic mass is 10.2. The first-order chi connectivity index (χ1) is 9.49. The molecule has 0 saturated carbocycles. The van der Waals surface area contributed by atoms with Crippen molar-refractivity contribution in [1.82, 2.24) is 10.9 Å². The van der Waals surface area contributed by atoms with Crippen molar-refractivity contribution < 1.29 is 14.5 Å². The summed E-state index contributed by atoms with van der Waals surface area (Å²) in [5, 5.41) is 10.5. The standard InChI is InChI=1S/C13H17N3O4/c1-10(2)7-8-14-15-13(17)9-20-12-5-3-11(4-6-12)16(18)19/h3-8,10,14H,9H2,1-2H3,(H,15,17). The number of benzene rings is 1. The lowest BCUT2D eigenvalue weighted by Crippen LogP contribution is -2.37. The van der Waals surface area contributed by atoms with E-state index in [-0.39, 0.29) is 18.2 Å². The average Bonchev–Trinajstić information content (AvgIpc) is 2.41. The number of ether oxygens (including phenoxy) is 1. The zero-order chi connectivity index (χ0) is 15.0. The normalized spacial score (nSPS) is 10.6. The number of non-ortho nitro benzene ring substituents is 1. The second-order valence-corrected chi connectivity index (χ2v) is 4.34. The van der Waals surface area contributed by atoms with Gasteiger partial charge >= 0.3 is 0 Å². The summed E-state index contributed by atoms with van der Waals surface area (Å²) in [7, 11) is 0. The third-order valence-corrected chi connectivity index (χ3v) is 2.19. The molecular formula is C13H17N3O4. The van der Waals surface area contributed by atoms with Crippen molar-refractivity contribution in [2.24, 2.45) is 5.92 Å². The molecule has 1 amide bonds. The van der Waals surface area contributed by atoms with Crippen molar-refractivity contribution in [2.75, 3.05) is 6.61 Å². The summed E-state index contributed by atoms with van der Waals surface area (Å²) in [6.07, 6.45) is 3.52. The van der Waals surface area contributed by atoms with Crippen molar-refractivity contribution in [2.45, 2.75) is 13.8 Å². The van der Waals surface area contributed by atoms with Gasteiger partial charge in [0.25, 0.3) is 11.6 Å². The number of nitro groups is 1. The van der Waals surface area contributed by atoms with Crippen LogP contribution in [-0.4, -0.2) is 17.4 Å². The van der Waals surface area contributed by atoms with Crippen molar-refractivity contribution in [1.29, 1.82) is 0 Å². The Balaban J connectivity index is 2.32. The third-order valence-electron chi connectivity index (χ3n) is 2.19. The fraction of sp³-hybridized carbons (Fsp3) is 0.308. The van der Waals surface area contributed by atoms with E-state index in [9.17, 15) is 14.9 Å². The van der Waals surface area contributed by atoms with Crippen LogP contribution in [0.15, 0.2) is 36.5 Å². The maximum Gasteiger partial charge on any atom is 0.276 e. The van der Waals surface area contributed by atoms with Gasteiger partial charge in [0.1, 0.15) is 5.75 Å². The van der Waals surface area contributed by atoms with E-state index in [1.165, 1.54) is 24.3 Å². The number of amides is 1. The maximum atomic E-state index is 11.4. The molecule has 0 fully saturated rings. The smallest absolute Gasteiger partial charge is 0.276 e. The quantitative estimate of drug-likeness (QED) is 0.586. The number of hydrogen-bond donors (Lipinski definition) is 2. The van der Waals surface area contributed by atoms with Gasteiger partial charge in [-0.2, -0.15) is 0 Å². The zero-order valence-electron chi connectivity index (χ0n) is 11.3. The van der Waals surface area contributed by atoms with E-state index in [1.807, 2.05) is 19.9 Å². The van der Waals surface area contributed by atoms with Crippen LogP contribution in [0.5, 0.6) is 5.75 Å². The van der Waals surface area contributed by atoms with Gasteiger partial charge in [-0.25, -0.2) is 0 Å². The number of allylic oxidation sites excluding steroid dienone is 1. The van der Waals surface area contributed by atoms with Gasteiger partial charge in [0, 0.05) is 18.3 Å². The number of rotatable bonds is 7. The molecule has 0 saturated heterocycles. The van der Waals surface area contributed by atoms with Crippen LogP contribution in [0.1, 0.15) is 13.8 Å². The molecule has 1 rings (SSSR count). The van der Waals surface area contributed by atoms with Crippen molar-refractivity contribution in [3.05, 3.63) is 46.7 Å². The van der Waals surface area contributed by atoms with Gasteiger partial charge in [0.05, 0.1) is 4.92 Å². The van der Waals surface area contributed by atoms with Crippen molar-refractivity contribution in [3.63, 3.8) is 0 Å². The molecule has 0 atom stereocenters. The summed E-state index contributed by atoms with van der Waals surface area (Å²) in [4.78, 5) is 21.4. The molecule has 2 N–H and O–H groups in total. The van der Waals surface area contributed by atoms with E-state index >= 15 is 0 Å². The number of carbonyl (C=O) groups excluding carboxylic acids is 1. The van der Waals surface area contributed by atoms with Gasteiger partial charge in [-0.1, -0.05) is 19.9 Å². The van der Waals surface area contributed by atoms with Crippen molar-refractivity contribution >= 4 is 11.6 Å². The highest BCUT2D eigenvalue weighted by molar-refractivity contribution is 5.77. The number of nitro benzene ring substituents is 1. The SMILES string of the molecule is CC(C)C=CNNC(=O)COc1ccc([N+](=O)[O-])cc1. The lowest BCUT2D eigenvalue weighted by Gasteiger charge is -2.07. The van der Waals surface area contributed by atoms with E-state index in [1.54, 1.807) is 6.20 Å². The lowest BCUT2D eigenvalue weighted by molar-refractivity contribution is -0.384. The molecule has 0 aliphatic rings. The molecule has 0 unspecified atom stereocenters. The molecule has 0 heterocycles. The topological polar surface area (TPSA) is 93.5 Å². The van der Waals surface area contributed by atoms with Gasteiger partial charge < -0.3 is 10.2 Å². The maximum absolute atomic E-state index is 11.4. The van der Waals surface area contributed by atoms with Crippen LogP contribution in [0.25, 0.3) is 0 Å². The predicted octanol–water partition coefficient (Wildman–Crippen LogP) is 1.76. The van der Waals surface area contributed by atoms with E-state index in [4.69, 9.17) is 4.74 Å². The molecule has 7 nitrogen and oxygen atoms in total. The van der Waals surface area contributed by atoms with E-state index in [2.05, 4.69) is 10.9 Å². The second kappa shape index (κ2) is 7.78. The Hall–Kier alpha value is -2.57. The highest BCUT2D eigenvalue weighted by Crippen LogP contribution is 2.16. The molecule has 20 heavy (non-hydrogen) atoms. The molecule has 1 aromatic carbocycles. The van der Waals surface area contributed by atoms with Crippen LogP contribution in [0.4, 0.5) is 5.69 Å². The number of hydrogen-bond acceptors (Lipinski definition) is 5. The largest absolute Gasteiger partial charge is 0.484 e. The summed E-state index contributed by atoms with van der Waals surface area (Å²) in [5.41, 5.74) is 5.03. The molecule has 1 aromatic rings. The van der Waals surface area contributed by atoms with Gasteiger partial charge in [-0.3, -0.25) is 20.3 Å². The minimum absolute atomic E-state index is 0.0257. The molecule has 7 heteroatoms. The summed E-state index contributed by atoms with van der Waals surface area (Å²) in [6.45, 7) is 3.84. The van der Waals surface area contributed by atoms with Gasteiger partial charge in [0.15, 0.2) is 6.61 Å². The molecule has 0 aromatic heterocycles. The molecule has 0 spiro atoms. The number of carbonyl (C=O) groups is 1. The number of nitrogens with one attached hydrogen (secondary N) is 2. The second-order valence-electron chi connectivity index (χ2n) is 4.34. The monoisotopic (exact) mass is 279 g/mol. The van der Waals surface area contributed by atoms with Crippen LogP contribution in [0.3, 0.4) is 0 Å². The highest BCUT2D eigenvalue weighted by Gasteiger charge is 2.05. The Bertz CT molecular complexity index is 483. The van der Waals surface area contributed by atoms with Gasteiger partial charge in [-0.15, -0.1) is 0 Å². The summed E-state index contributed by atoms with van der Waals surface area (Å²) in [5.74, 6) is 0.427. The Labute approximate surface area is 116 Å². The average molecular weight is 279 g/mol. The summed E-state index contributed by atoms with van der Waals surface area (Å²) < 4.78 is 5.18.